The van der Waals surface area contributed by atoms with E-state index >= 15 is 0 Å². The fraction of sp³-hybridized carbons (Fsp3) is 0.714. The number of anilines is 1. The van der Waals surface area contributed by atoms with Crippen molar-refractivity contribution in [2.75, 3.05) is 11.9 Å². The maximum atomic E-state index is 12.1. The topological polar surface area (TPSA) is 46.9 Å². The molecule has 1 aliphatic rings. The van der Waals surface area contributed by atoms with Gasteiger partial charge in [0.2, 0.25) is 0 Å². The summed E-state index contributed by atoms with van der Waals surface area (Å²) in [6, 6.07) is 0. The van der Waals surface area contributed by atoms with Gasteiger partial charge in [-0.05, 0) is 46.5 Å². The molecule has 0 spiro atoms. The van der Waals surface area contributed by atoms with Gasteiger partial charge in [0.25, 0.3) is 5.56 Å². The van der Waals surface area contributed by atoms with Gasteiger partial charge in [-0.2, -0.15) is 5.10 Å². The number of halogens is 1. The summed E-state index contributed by atoms with van der Waals surface area (Å²) in [7, 11) is 0. The van der Waals surface area contributed by atoms with Gasteiger partial charge in [-0.15, -0.1) is 0 Å². The zero-order valence-electron chi connectivity index (χ0n) is 11.9. The van der Waals surface area contributed by atoms with Crippen LogP contribution >= 0.6 is 15.9 Å². The van der Waals surface area contributed by atoms with E-state index in [1.807, 2.05) is 0 Å². The highest BCUT2D eigenvalue weighted by molar-refractivity contribution is 9.10. The average Bonchev–Trinajstić information content (AvgIpc) is 3.14. The van der Waals surface area contributed by atoms with Crippen molar-refractivity contribution < 1.29 is 0 Å². The molecule has 19 heavy (non-hydrogen) atoms. The average molecular weight is 328 g/mol. The van der Waals surface area contributed by atoms with Crippen LogP contribution in [0.2, 0.25) is 0 Å². The van der Waals surface area contributed by atoms with Crippen LogP contribution in [0, 0.1) is 11.3 Å². The van der Waals surface area contributed by atoms with Crippen molar-refractivity contribution in [1.29, 1.82) is 0 Å². The van der Waals surface area contributed by atoms with Crippen LogP contribution in [0.1, 0.15) is 40.0 Å². The molecule has 106 valence electrons. The second kappa shape index (κ2) is 5.65. The van der Waals surface area contributed by atoms with E-state index in [9.17, 15) is 4.79 Å². The maximum Gasteiger partial charge on any atom is 0.283 e. The van der Waals surface area contributed by atoms with Crippen LogP contribution in [-0.2, 0) is 6.54 Å². The molecule has 1 N–H and O–H groups in total. The molecule has 0 unspecified atom stereocenters. The molecule has 1 saturated carbocycles. The highest BCUT2D eigenvalue weighted by atomic mass is 79.9. The van der Waals surface area contributed by atoms with Crippen LogP contribution < -0.4 is 10.9 Å². The van der Waals surface area contributed by atoms with E-state index in [0.29, 0.717) is 22.4 Å². The maximum absolute atomic E-state index is 12.1. The van der Waals surface area contributed by atoms with E-state index in [0.717, 1.165) is 12.2 Å². The Morgan fingerprint density at radius 3 is 2.74 bits per heavy atom. The van der Waals surface area contributed by atoms with Crippen molar-refractivity contribution >= 4 is 21.6 Å². The number of hydrogen-bond acceptors (Lipinski definition) is 3. The molecule has 1 aromatic rings. The molecule has 4 nitrogen and oxygen atoms in total. The first-order valence-corrected chi connectivity index (χ1v) is 7.76. The third-order valence-electron chi connectivity index (χ3n) is 3.88. The van der Waals surface area contributed by atoms with Gasteiger partial charge >= 0.3 is 0 Å². The van der Waals surface area contributed by atoms with E-state index in [1.54, 1.807) is 6.20 Å². The summed E-state index contributed by atoms with van der Waals surface area (Å²) in [5.41, 5.74) is 1.21. The zero-order chi connectivity index (χ0) is 14.0. The summed E-state index contributed by atoms with van der Waals surface area (Å²) in [6.07, 6.45) is 5.51. The zero-order valence-corrected chi connectivity index (χ0v) is 13.5. The Labute approximate surface area is 122 Å². The third-order valence-corrected chi connectivity index (χ3v) is 4.65. The number of nitrogens with one attached hydrogen (secondary N) is 1. The van der Waals surface area contributed by atoms with Gasteiger partial charge in [-0.25, -0.2) is 4.68 Å². The Morgan fingerprint density at radius 1 is 1.53 bits per heavy atom. The molecule has 0 aromatic carbocycles. The molecule has 1 fully saturated rings. The third kappa shape index (κ3) is 3.38. The van der Waals surface area contributed by atoms with Gasteiger partial charge < -0.3 is 5.32 Å². The fourth-order valence-corrected chi connectivity index (χ4v) is 2.63. The van der Waals surface area contributed by atoms with Crippen molar-refractivity contribution in [1.82, 2.24) is 9.78 Å². The molecule has 0 aliphatic heterocycles. The summed E-state index contributed by atoms with van der Waals surface area (Å²) in [5, 5.41) is 7.60. The van der Waals surface area contributed by atoms with Crippen LogP contribution in [0.25, 0.3) is 0 Å². The van der Waals surface area contributed by atoms with Crippen LogP contribution in [0.5, 0.6) is 0 Å². The first kappa shape index (κ1) is 14.6. The molecular weight excluding hydrogens is 306 g/mol. The molecule has 1 aromatic heterocycles. The highest BCUT2D eigenvalue weighted by Gasteiger charge is 2.40. The van der Waals surface area contributed by atoms with Gasteiger partial charge in [0.05, 0.1) is 11.9 Å². The highest BCUT2D eigenvalue weighted by Crippen LogP contribution is 2.48. The summed E-state index contributed by atoms with van der Waals surface area (Å²) >= 11 is 3.40. The predicted octanol–water partition coefficient (Wildman–Crippen LogP) is 3.26. The number of rotatable bonds is 6. The summed E-state index contributed by atoms with van der Waals surface area (Å²) in [5.74, 6) is 0.408. The normalized spacial score (nSPS) is 16.7. The Bertz CT molecular complexity index is 506. The van der Waals surface area contributed by atoms with E-state index in [1.165, 1.54) is 23.9 Å². The molecule has 0 saturated heterocycles. The van der Waals surface area contributed by atoms with E-state index < -0.39 is 0 Å². The van der Waals surface area contributed by atoms with Crippen molar-refractivity contribution in [3.63, 3.8) is 0 Å². The molecule has 2 rings (SSSR count). The van der Waals surface area contributed by atoms with Crippen LogP contribution in [0.15, 0.2) is 15.5 Å². The second-order valence-corrected chi connectivity index (χ2v) is 6.75. The number of nitrogens with zero attached hydrogens (tertiary/aromatic N) is 2. The van der Waals surface area contributed by atoms with Crippen molar-refractivity contribution in [2.24, 2.45) is 11.3 Å². The SMILES string of the molecule is CCC1(CNc2cnn(CC(C)C)c(=O)c2Br)CC1. The number of hydrogen-bond donors (Lipinski definition) is 1. The molecule has 0 atom stereocenters. The molecule has 5 heteroatoms. The minimum atomic E-state index is -0.0555. The largest absolute Gasteiger partial charge is 0.382 e. The standard InChI is InChI=1S/C14H22BrN3O/c1-4-14(5-6-14)9-16-11-7-17-18(8-10(2)3)13(19)12(11)15/h7,10,16H,4-6,8-9H2,1-3H3. The smallest absolute Gasteiger partial charge is 0.283 e. The first-order valence-electron chi connectivity index (χ1n) is 6.97. The lowest BCUT2D eigenvalue weighted by atomic mass is 10.0. The summed E-state index contributed by atoms with van der Waals surface area (Å²) < 4.78 is 2.11. The summed E-state index contributed by atoms with van der Waals surface area (Å²) in [6.45, 7) is 7.95. The fourth-order valence-electron chi connectivity index (χ4n) is 2.18. The Kier molecular flexibility index (Phi) is 4.33. The van der Waals surface area contributed by atoms with Crippen molar-refractivity contribution in [2.45, 2.75) is 46.6 Å². The lowest BCUT2D eigenvalue weighted by Crippen LogP contribution is -2.27. The first-order chi connectivity index (χ1) is 8.97. The lowest BCUT2D eigenvalue weighted by molar-refractivity contribution is 0.462. The second-order valence-electron chi connectivity index (χ2n) is 5.96. The van der Waals surface area contributed by atoms with Crippen molar-refractivity contribution in [3.8, 4) is 0 Å². The number of aromatic nitrogens is 2. The molecular formula is C14H22BrN3O. The van der Waals surface area contributed by atoms with Gasteiger partial charge in [0.15, 0.2) is 0 Å². The van der Waals surface area contributed by atoms with Crippen LogP contribution in [0.3, 0.4) is 0 Å². The van der Waals surface area contributed by atoms with Crippen LogP contribution in [-0.4, -0.2) is 16.3 Å². The van der Waals surface area contributed by atoms with Gasteiger partial charge in [-0.3, -0.25) is 4.79 Å². The molecule has 0 radical (unpaired) electrons. The minimum absolute atomic E-state index is 0.0555. The molecule has 0 bridgehead atoms. The van der Waals surface area contributed by atoms with E-state index in [2.05, 4.69) is 47.1 Å². The lowest BCUT2D eigenvalue weighted by Gasteiger charge is -2.16. The predicted molar refractivity (Wildman–Crippen MR) is 81.5 cm³/mol. The minimum Gasteiger partial charge on any atom is -0.382 e. The Hall–Kier alpha value is -0.840. The Morgan fingerprint density at radius 2 is 2.21 bits per heavy atom. The van der Waals surface area contributed by atoms with Crippen LogP contribution in [0.4, 0.5) is 5.69 Å². The van der Waals surface area contributed by atoms with E-state index in [-0.39, 0.29) is 5.56 Å². The molecule has 1 aliphatic carbocycles. The van der Waals surface area contributed by atoms with Gasteiger partial charge in [0.1, 0.15) is 4.47 Å². The van der Waals surface area contributed by atoms with Gasteiger partial charge in [0, 0.05) is 13.1 Å². The van der Waals surface area contributed by atoms with Crippen molar-refractivity contribution in [3.05, 3.63) is 21.0 Å². The monoisotopic (exact) mass is 327 g/mol. The van der Waals surface area contributed by atoms with E-state index in [4.69, 9.17) is 0 Å². The van der Waals surface area contributed by atoms with Gasteiger partial charge in [-0.1, -0.05) is 20.8 Å². The summed E-state index contributed by atoms with van der Waals surface area (Å²) in [4.78, 5) is 12.1. The molecule has 1 heterocycles. The Balaban J connectivity index is 2.10. The molecule has 0 amide bonds. The quantitative estimate of drug-likeness (QED) is 0.872.